The van der Waals surface area contributed by atoms with Gasteiger partial charge in [-0.25, -0.2) is 0 Å². The topological polar surface area (TPSA) is 162 Å². The smallest absolute Gasteiger partial charge is 0.0800 e. The fraction of sp³-hybridized carbons (Fsp3) is 1.00. The van der Waals surface area contributed by atoms with Crippen LogP contribution in [0.15, 0.2) is 0 Å². The first-order chi connectivity index (χ1) is 13.6. The van der Waals surface area contributed by atoms with Gasteiger partial charge in [0.25, 0.3) is 0 Å². The van der Waals surface area contributed by atoms with Gasteiger partial charge in [0.1, 0.15) is 0 Å². The fourth-order valence-electron chi connectivity index (χ4n) is 0.930. The molecule has 0 spiro atoms. The Balaban J connectivity index is -0.0000000113. The van der Waals surface area contributed by atoms with Gasteiger partial charge in [-0.05, 0) is 25.7 Å². The Bertz CT molecular complexity index is 133. The SMILES string of the molecule is C.C.C.C.CC.CC.CC.CC.CO.CO.CO.CO.OC1CCC1O.OC1CCC1O.[3HH].[3HH]. The Labute approximate surface area is 208 Å². The van der Waals surface area contributed by atoms with Crippen LogP contribution in [0.4, 0.5) is 0 Å². The summed E-state index contributed by atoms with van der Waals surface area (Å²) in [7, 11) is 4.00. The van der Waals surface area contributed by atoms with Gasteiger partial charge in [0.2, 0.25) is 0 Å². The Morgan fingerprint density at radius 2 is 0.406 bits per heavy atom. The average Bonchev–Trinajstić information content (AvgIpc) is 2.87. The quantitative estimate of drug-likeness (QED) is 0.241. The maximum Gasteiger partial charge on any atom is 0.0800 e. The van der Waals surface area contributed by atoms with E-state index in [9.17, 15) is 0 Å². The van der Waals surface area contributed by atoms with Gasteiger partial charge in [-0.2, -0.15) is 0 Å². The monoisotopic (exact) mass is 497 g/mol. The van der Waals surface area contributed by atoms with E-state index in [1.807, 2.05) is 55.4 Å². The third kappa shape index (κ3) is 78.1. The number of rotatable bonds is 0. The van der Waals surface area contributed by atoms with Crippen LogP contribution in [0.1, 0.15) is 114 Å². The minimum atomic E-state index is -0.412. The second-order valence-corrected chi connectivity index (χ2v) is 3.42. The highest BCUT2D eigenvalue weighted by atomic mass is 16.3. The molecule has 220 valence electrons. The average molecular weight is 497 g/mol. The van der Waals surface area contributed by atoms with E-state index in [1.54, 1.807) is 0 Å². The standard InChI is InChI=1S/2C4H8O2.4C2H6.4CH4O.4CH4.2H2/c2*5-3-1-2-4(3)6;8*1-2;;;;;;/h2*3-6H,1-2H2;4*1-2H3;4*2H,1H3;4*1H4;2*1H/i;;;;;;;;;;;;;;2*1+2. The Kier molecular flexibility index (Phi) is 264. The van der Waals surface area contributed by atoms with Crippen LogP contribution in [-0.2, 0) is 0 Å². The Morgan fingerprint density at radius 1 is 0.344 bits per heavy atom. The lowest BCUT2D eigenvalue weighted by Crippen LogP contribution is -2.35. The highest BCUT2D eigenvalue weighted by Gasteiger charge is 2.25. The molecule has 2 aliphatic carbocycles. The number of hydrogen-bond acceptors (Lipinski definition) is 8. The van der Waals surface area contributed by atoms with Crippen molar-refractivity contribution in [2.75, 3.05) is 28.4 Å². The summed E-state index contributed by atoms with van der Waals surface area (Å²) in [4.78, 5) is 0. The minimum Gasteiger partial charge on any atom is -0.400 e. The molecule has 8 N–H and O–H groups in total. The number of hydrogen-bond donors (Lipinski definition) is 8. The Hall–Kier alpha value is -0.320. The summed E-state index contributed by atoms with van der Waals surface area (Å²) in [5.74, 6) is 0. The van der Waals surface area contributed by atoms with Crippen LogP contribution >= 0.6 is 0 Å². The minimum absolute atomic E-state index is 0. The summed E-state index contributed by atoms with van der Waals surface area (Å²) in [6.07, 6.45) is 1.47. The van der Waals surface area contributed by atoms with E-state index in [2.05, 4.69) is 0 Å². The molecule has 4 unspecified atom stereocenters. The molecule has 0 amide bonds. The fourth-order valence-corrected chi connectivity index (χ4v) is 0.930. The summed E-state index contributed by atoms with van der Waals surface area (Å²) in [5.41, 5.74) is 0. The van der Waals surface area contributed by atoms with Crippen LogP contribution in [0.5, 0.6) is 0 Å². The van der Waals surface area contributed by atoms with Crippen molar-refractivity contribution in [1.82, 2.24) is 0 Å². The molecule has 0 aromatic carbocycles. The van der Waals surface area contributed by atoms with E-state index in [4.69, 9.17) is 40.9 Å². The molecule has 4 atom stereocenters. The molecule has 2 aliphatic rings. The third-order valence-corrected chi connectivity index (χ3v) is 2.40. The van der Waals surface area contributed by atoms with Crippen molar-refractivity contribution < 1.29 is 43.7 Å². The van der Waals surface area contributed by atoms with Crippen LogP contribution in [-0.4, -0.2) is 93.7 Å². The van der Waals surface area contributed by atoms with E-state index < -0.39 is 24.4 Å². The molecule has 0 aliphatic heterocycles. The van der Waals surface area contributed by atoms with Crippen LogP contribution in [0.25, 0.3) is 0 Å². The molecule has 0 bridgehead atoms. The van der Waals surface area contributed by atoms with Gasteiger partial charge < -0.3 is 40.9 Å². The normalized spacial score (nSPS) is 18.4. The molecule has 2 saturated carbocycles. The van der Waals surface area contributed by atoms with Crippen LogP contribution < -0.4 is 0 Å². The Morgan fingerprint density at radius 3 is 0.406 bits per heavy atom. The van der Waals surface area contributed by atoms with Gasteiger partial charge >= 0.3 is 0 Å². The highest BCUT2D eigenvalue weighted by Crippen LogP contribution is 2.18. The van der Waals surface area contributed by atoms with E-state index in [1.165, 1.54) is 0 Å². The predicted molar refractivity (Wildman–Crippen MR) is 152 cm³/mol. The molecule has 2 rings (SSSR count). The van der Waals surface area contributed by atoms with Crippen LogP contribution in [0.2, 0.25) is 0 Å². The summed E-state index contributed by atoms with van der Waals surface area (Å²) < 4.78 is 0. The van der Waals surface area contributed by atoms with Crippen molar-refractivity contribution in [1.29, 1.82) is 0 Å². The zero-order valence-electron chi connectivity index (χ0n) is 20.7. The molecule has 32 heavy (non-hydrogen) atoms. The molecule has 2 fully saturated rings. The molecule has 8 nitrogen and oxygen atoms in total. The van der Waals surface area contributed by atoms with E-state index >= 15 is 0 Å². The lowest BCUT2D eigenvalue weighted by molar-refractivity contribution is -0.0519. The maximum atomic E-state index is 8.47. The zero-order chi connectivity index (χ0) is 25.1. The van der Waals surface area contributed by atoms with Crippen molar-refractivity contribution >= 4 is 0 Å². The summed E-state index contributed by atoms with van der Waals surface area (Å²) in [6, 6.07) is 0. The largest absolute Gasteiger partial charge is 0.400 e. The molecule has 8 heteroatoms. The van der Waals surface area contributed by atoms with Gasteiger partial charge in [-0.3, -0.25) is 0 Å². The van der Waals surface area contributed by atoms with Crippen molar-refractivity contribution in [3.8, 4) is 0 Å². The van der Waals surface area contributed by atoms with Crippen molar-refractivity contribution in [3.05, 3.63) is 0 Å². The van der Waals surface area contributed by atoms with Gasteiger partial charge in [0.15, 0.2) is 0 Å². The van der Waals surface area contributed by atoms with Gasteiger partial charge in [0.05, 0.1) is 24.4 Å². The van der Waals surface area contributed by atoms with Gasteiger partial charge in [-0.15, -0.1) is 0 Å². The lowest BCUT2D eigenvalue weighted by atomic mass is 9.93. The molecule has 0 aromatic rings. The van der Waals surface area contributed by atoms with Gasteiger partial charge in [-0.1, -0.05) is 85.1 Å². The van der Waals surface area contributed by atoms with E-state index in [0.717, 1.165) is 54.1 Å². The summed E-state index contributed by atoms with van der Waals surface area (Å²) >= 11 is 0. The summed E-state index contributed by atoms with van der Waals surface area (Å²) in [6.45, 7) is 16.0. The molecule has 0 aromatic heterocycles. The first kappa shape index (κ1) is 77.0. The highest BCUT2D eigenvalue weighted by molar-refractivity contribution is 4.78. The predicted octanol–water partition coefficient (Wildman–Crippen LogP) is 4.58. The van der Waals surface area contributed by atoms with Crippen molar-refractivity contribution in [2.24, 2.45) is 0 Å². The van der Waals surface area contributed by atoms with Crippen molar-refractivity contribution in [3.63, 3.8) is 0 Å². The molecule has 0 heterocycles. The van der Waals surface area contributed by atoms with Gasteiger partial charge in [0, 0.05) is 31.3 Å². The second kappa shape index (κ2) is 110. The summed E-state index contributed by atoms with van der Waals surface area (Å²) in [5, 5.41) is 61.9. The maximum absolute atomic E-state index is 8.47. The number of aliphatic hydroxyl groups excluding tert-OH is 8. The zero-order valence-corrected chi connectivity index (χ0v) is 20.7. The lowest BCUT2D eigenvalue weighted by Gasteiger charge is -2.26. The van der Waals surface area contributed by atoms with Crippen LogP contribution in [0.3, 0.4) is 0 Å². The first-order valence-corrected chi connectivity index (χ1v) is 10.1. The number of aliphatic hydroxyl groups is 8. The third-order valence-electron chi connectivity index (χ3n) is 2.40. The first-order valence-electron chi connectivity index (χ1n) is 10.1. The van der Waals surface area contributed by atoms with E-state index in [-0.39, 0.29) is 32.6 Å². The molecular formula is C24H76O8. The van der Waals surface area contributed by atoms with Crippen LogP contribution in [0, 0.1) is 0 Å². The molecule has 0 saturated heterocycles. The second-order valence-electron chi connectivity index (χ2n) is 3.42. The van der Waals surface area contributed by atoms with E-state index in [0.29, 0.717) is 0 Å². The molecular weight excluding hydrogens is 416 g/mol. The molecule has 0 radical (unpaired) electrons. The van der Waals surface area contributed by atoms with Crippen molar-refractivity contribution in [2.45, 2.75) is 135 Å².